The van der Waals surface area contributed by atoms with E-state index in [1.54, 1.807) is 0 Å². The summed E-state index contributed by atoms with van der Waals surface area (Å²) >= 11 is 0. The highest BCUT2D eigenvalue weighted by Crippen LogP contribution is 2.26. The Kier molecular flexibility index (Phi) is 6.13. The number of aryl methyl sites for hydroxylation is 3. The fraction of sp³-hybridized carbons (Fsp3) is 0.308. The molecule has 0 radical (unpaired) electrons. The number of benzene rings is 3. The normalized spacial score (nSPS) is 12.7. The van der Waals surface area contributed by atoms with Gasteiger partial charge in [0.1, 0.15) is 0 Å². The van der Waals surface area contributed by atoms with Crippen molar-refractivity contribution in [3.8, 4) is 0 Å². The Balaban J connectivity index is 1.81. The molecule has 0 bridgehead atoms. The monoisotopic (exact) mass is 357 g/mol. The third kappa shape index (κ3) is 5.80. The van der Waals surface area contributed by atoms with Crippen molar-refractivity contribution in [3.63, 3.8) is 0 Å². The second kappa shape index (κ2) is 8.54. The molecule has 1 heteroatoms. The highest BCUT2D eigenvalue weighted by Gasteiger charge is 2.20. The van der Waals surface area contributed by atoms with E-state index in [9.17, 15) is 0 Å². The van der Waals surface area contributed by atoms with Crippen molar-refractivity contribution in [2.24, 2.45) is 0 Å². The summed E-state index contributed by atoms with van der Waals surface area (Å²) in [4.78, 5) is 0. The summed E-state index contributed by atoms with van der Waals surface area (Å²) in [5.41, 5.74) is 6.79. The molecular weight excluding hydrogens is 326 g/mol. The number of rotatable bonds is 6. The third-order valence-corrected chi connectivity index (χ3v) is 4.82. The van der Waals surface area contributed by atoms with E-state index in [0.717, 1.165) is 12.8 Å². The Morgan fingerprint density at radius 1 is 0.704 bits per heavy atom. The minimum Gasteiger partial charge on any atom is -0.302 e. The first-order valence-electron chi connectivity index (χ1n) is 9.88. The van der Waals surface area contributed by atoms with Crippen molar-refractivity contribution >= 4 is 0 Å². The van der Waals surface area contributed by atoms with Crippen molar-refractivity contribution in [1.82, 2.24) is 5.32 Å². The van der Waals surface area contributed by atoms with Gasteiger partial charge in [-0.25, -0.2) is 0 Å². The van der Waals surface area contributed by atoms with E-state index in [0.29, 0.717) is 0 Å². The van der Waals surface area contributed by atoms with Crippen molar-refractivity contribution in [3.05, 3.63) is 107 Å². The number of hydrogen-bond donors (Lipinski definition) is 1. The van der Waals surface area contributed by atoms with Gasteiger partial charge in [0.05, 0.1) is 6.04 Å². The molecule has 0 heterocycles. The van der Waals surface area contributed by atoms with Crippen molar-refractivity contribution < 1.29 is 0 Å². The van der Waals surface area contributed by atoms with Crippen LogP contribution in [0.3, 0.4) is 0 Å². The Hall–Kier alpha value is -2.38. The zero-order valence-electron chi connectivity index (χ0n) is 17.0. The number of nitrogens with one attached hydrogen (secondary N) is 1. The van der Waals surface area contributed by atoms with Gasteiger partial charge in [-0.3, -0.25) is 0 Å². The van der Waals surface area contributed by atoms with Gasteiger partial charge in [0, 0.05) is 5.54 Å². The van der Waals surface area contributed by atoms with Crippen LogP contribution in [0.1, 0.15) is 54.6 Å². The predicted molar refractivity (Wildman–Crippen MR) is 116 cm³/mol. The van der Waals surface area contributed by atoms with Gasteiger partial charge in [0.2, 0.25) is 0 Å². The van der Waals surface area contributed by atoms with E-state index in [2.05, 4.69) is 112 Å². The van der Waals surface area contributed by atoms with E-state index < -0.39 is 0 Å². The summed E-state index contributed by atoms with van der Waals surface area (Å²) < 4.78 is 0. The molecule has 0 aliphatic heterocycles. The summed E-state index contributed by atoms with van der Waals surface area (Å²) in [5, 5.41) is 3.80. The van der Waals surface area contributed by atoms with Crippen LogP contribution in [0.4, 0.5) is 0 Å². The van der Waals surface area contributed by atoms with Crippen LogP contribution in [0.15, 0.2) is 78.9 Å². The molecule has 0 saturated heterocycles. The van der Waals surface area contributed by atoms with Crippen LogP contribution >= 0.6 is 0 Å². The van der Waals surface area contributed by atoms with Crippen LogP contribution < -0.4 is 5.32 Å². The molecule has 3 aromatic carbocycles. The molecule has 0 aromatic heterocycles. The van der Waals surface area contributed by atoms with Crippen LogP contribution in [0.25, 0.3) is 0 Å². The highest BCUT2D eigenvalue weighted by molar-refractivity contribution is 5.35. The Morgan fingerprint density at radius 2 is 1.33 bits per heavy atom. The van der Waals surface area contributed by atoms with Crippen LogP contribution in [0, 0.1) is 6.92 Å². The first-order valence-corrected chi connectivity index (χ1v) is 9.88. The molecule has 27 heavy (non-hydrogen) atoms. The molecule has 1 N–H and O–H groups in total. The van der Waals surface area contributed by atoms with E-state index in [4.69, 9.17) is 0 Å². The molecule has 0 aliphatic carbocycles. The predicted octanol–water partition coefficient (Wildman–Crippen LogP) is 6.26. The Labute approximate surface area is 164 Å². The van der Waals surface area contributed by atoms with E-state index in [1.807, 2.05) is 0 Å². The maximum atomic E-state index is 3.80. The maximum Gasteiger partial charge on any atom is 0.0580 e. The molecule has 1 nitrogen and oxygen atoms in total. The van der Waals surface area contributed by atoms with Crippen molar-refractivity contribution in [2.75, 3.05) is 0 Å². The molecule has 0 spiro atoms. The molecule has 1 unspecified atom stereocenters. The summed E-state index contributed by atoms with van der Waals surface area (Å²) in [6.45, 7) is 8.82. The fourth-order valence-corrected chi connectivity index (χ4v) is 3.41. The van der Waals surface area contributed by atoms with Crippen LogP contribution in [-0.4, -0.2) is 5.54 Å². The molecule has 0 saturated carbocycles. The fourth-order valence-electron chi connectivity index (χ4n) is 3.41. The van der Waals surface area contributed by atoms with E-state index in [1.165, 1.54) is 27.8 Å². The molecule has 3 aromatic rings. The van der Waals surface area contributed by atoms with Gasteiger partial charge < -0.3 is 5.32 Å². The quantitative estimate of drug-likeness (QED) is 0.549. The lowest BCUT2D eigenvalue weighted by Gasteiger charge is -2.29. The van der Waals surface area contributed by atoms with Gasteiger partial charge in [0.15, 0.2) is 0 Å². The molecule has 0 amide bonds. The molecule has 0 fully saturated rings. The third-order valence-electron chi connectivity index (χ3n) is 4.82. The zero-order chi connectivity index (χ0) is 19.3. The van der Waals surface area contributed by atoms with E-state index >= 15 is 0 Å². The molecular formula is C26H31N. The van der Waals surface area contributed by atoms with Gasteiger partial charge in [-0.2, -0.15) is 0 Å². The number of hydrogen-bond acceptors (Lipinski definition) is 1. The summed E-state index contributed by atoms with van der Waals surface area (Å²) in [5.74, 6) is 0. The van der Waals surface area contributed by atoms with Gasteiger partial charge in [0.25, 0.3) is 0 Å². The lowest BCUT2D eigenvalue weighted by molar-refractivity contribution is 0.391. The van der Waals surface area contributed by atoms with Crippen LogP contribution in [0.5, 0.6) is 0 Å². The first kappa shape index (κ1) is 19.4. The Bertz CT molecular complexity index is 841. The second-order valence-corrected chi connectivity index (χ2v) is 8.47. The highest BCUT2D eigenvalue weighted by atomic mass is 15.0. The molecule has 140 valence electrons. The second-order valence-electron chi connectivity index (χ2n) is 8.47. The summed E-state index contributed by atoms with van der Waals surface area (Å²) in [7, 11) is 0. The topological polar surface area (TPSA) is 12.0 Å². The average Bonchev–Trinajstić information content (AvgIpc) is 2.66. The molecule has 1 atom stereocenters. The first-order chi connectivity index (χ1) is 12.9. The van der Waals surface area contributed by atoms with Gasteiger partial charge >= 0.3 is 0 Å². The lowest BCUT2D eigenvalue weighted by atomic mass is 9.93. The minimum atomic E-state index is 0.0401. The van der Waals surface area contributed by atoms with Crippen molar-refractivity contribution in [2.45, 2.75) is 52.1 Å². The summed E-state index contributed by atoms with van der Waals surface area (Å²) in [6, 6.07) is 28.9. The SMILES string of the molecule is Cc1ccc(CCc2cccc(C(NC(C)(C)C)c3ccccc3)c2)cc1. The van der Waals surface area contributed by atoms with Gasteiger partial charge in [-0.1, -0.05) is 84.4 Å². The van der Waals surface area contributed by atoms with Crippen LogP contribution in [-0.2, 0) is 12.8 Å². The minimum absolute atomic E-state index is 0.0401. The van der Waals surface area contributed by atoms with Crippen LogP contribution in [0.2, 0.25) is 0 Å². The standard InChI is InChI=1S/C26H31N/c1-20-13-15-21(16-14-20)17-18-22-9-8-12-24(19-22)25(27-26(2,3)4)23-10-6-5-7-11-23/h5-16,19,25,27H,17-18H2,1-4H3. The molecule has 3 rings (SSSR count). The Morgan fingerprint density at radius 3 is 2.00 bits per heavy atom. The zero-order valence-corrected chi connectivity index (χ0v) is 17.0. The lowest BCUT2D eigenvalue weighted by Crippen LogP contribution is -2.39. The van der Waals surface area contributed by atoms with Crippen molar-refractivity contribution in [1.29, 1.82) is 0 Å². The smallest absolute Gasteiger partial charge is 0.0580 e. The summed E-state index contributed by atoms with van der Waals surface area (Å²) in [6.07, 6.45) is 2.14. The largest absolute Gasteiger partial charge is 0.302 e. The van der Waals surface area contributed by atoms with Gasteiger partial charge in [-0.15, -0.1) is 0 Å². The maximum absolute atomic E-state index is 3.80. The van der Waals surface area contributed by atoms with Gasteiger partial charge in [-0.05, 0) is 62.8 Å². The average molecular weight is 358 g/mol. The van der Waals surface area contributed by atoms with E-state index in [-0.39, 0.29) is 11.6 Å². The molecule has 0 aliphatic rings.